The zero-order valence-corrected chi connectivity index (χ0v) is 10.4. The quantitative estimate of drug-likeness (QED) is 0.617. The second-order valence-corrected chi connectivity index (χ2v) is 6.17. The Morgan fingerprint density at radius 3 is 2.32 bits per heavy atom. The van der Waals surface area contributed by atoms with Crippen LogP contribution >= 0.6 is 0 Å². The number of nitro groups is 1. The lowest BCUT2D eigenvalue weighted by atomic mass is 10.1. The van der Waals surface area contributed by atoms with Crippen LogP contribution in [0.4, 0.5) is 0 Å². The molecule has 0 spiro atoms. The number of nitrogens with zero attached hydrogens (tertiary/aromatic N) is 2. The number of hydrogen-bond donors (Lipinski definition) is 1. The summed E-state index contributed by atoms with van der Waals surface area (Å²) in [5.41, 5.74) is 0. The van der Waals surface area contributed by atoms with Crippen LogP contribution in [0.15, 0.2) is 35.2 Å². The second kappa shape index (κ2) is 4.19. The van der Waals surface area contributed by atoms with Crippen molar-refractivity contribution >= 4 is 15.8 Å². The van der Waals surface area contributed by atoms with E-state index in [2.05, 4.69) is 0 Å². The first-order chi connectivity index (χ1) is 8.84. The molecule has 1 N–H and O–H groups in total. The van der Waals surface area contributed by atoms with Gasteiger partial charge in [-0.05, 0) is 12.1 Å². The average molecular weight is 286 g/mol. The fraction of sp³-hybridized carbons (Fsp3) is 0.300. The lowest BCUT2D eigenvalue weighted by Crippen LogP contribution is -2.70. The van der Waals surface area contributed by atoms with Crippen molar-refractivity contribution in [1.82, 2.24) is 5.01 Å². The van der Waals surface area contributed by atoms with Crippen LogP contribution in [-0.4, -0.2) is 41.0 Å². The summed E-state index contributed by atoms with van der Waals surface area (Å²) in [6, 6.07) is 6.86. The largest absolute Gasteiger partial charge is 0.479 e. The van der Waals surface area contributed by atoms with Crippen molar-refractivity contribution in [2.75, 3.05) is 6.54 Å². The molecule has 8 nitrogen and oxygen atoms in total. The number of aliphatic carboxylic acids is 1. The van der Waals surface area contributed by atoms with Gasteiger partial charge in [-0.3, -0.25) is 0 Å². The Kier molecular flexibility index (Phi) is 2.93. The van der Waals surface area contributed by atoms with E-state index in [1.807, 2.05) is 0 Å². The van der Waals surface area contributed by atoms with E-state index in [1.54, 1.807) is 6.07 Å². The van der Waals surface area contributed by atoms with Crippen molar-refractivity contribution in [1.29, 1.82) is 0 Å². The molecule has 1 saturated heterocycles. The first-order valence-corrected chi connectivity index (χ1v) is 6.77. The molecule has 1 aromatic carbocycles. The minimum atomic E-state index is -4.37. The van der Waals surface area contributed by atoms with E-state index < -0.39 is 25.7 Å². The van der Waals surface area contributed by atoms with Gasteiger partial charge in [0.05, 0.1) is 11.4 Å². The number of carboxylic acids is 1. The normalized spacial score (nSPS) is 22.6. The van der Waals surface area contributed by atoms with E-state index in [9.17, 15) is 28.4 Å². The summed E-state index contributed by atoms with van der Waals surface area (Å²) >= 11 is 0. The van der Waals surface area contributed by atoms with Crippen molar-refractivity contribution in [3.05, 3.63) is 40.4 Å². The van der Waals surface area contributed by atoms with Crippen LogP contribution in [0.3, 0.4) is 0 Å². The molecule has 0 amide bonds. The van der Waals surface area contributed by atoms with Crippen molar-refractivity contribution in [2.24, 2.45) is 0 Å². The van der Waals surface area contributed by atoms with Gasteiger partial charge >= 0.3 is 10.8 Å². The molecule has 19 heavy (non-hydrogen) atoms. The van der Waals surface area contributed by atoms with Crippen LogP contribution in [0.5, 0.6) is 0 Å². The molecule has 102 valence electrons. The lowest BCUT2D eigenvalue weighted by Gasteiger charge is -2.41. The number of carboxylic acid groups (broad SMARTS) is 1. The third-order valence-corrected chi connectivity index (χ3v) is 5.48. The van der Waals surface area contributed by atoms with E-state index >= 15 is 0 Å². The third-order valence-electron chi connectivity index (χ3n) is 3.11. The fourth-order valence-corrected chi connectivity index (χ4v) is 3.96. The molecule has 1 atom stereocenters. The highest BCUT2D eigenvalue weighted by atomic mass is 32.2. The van der Waals surface area contributed by atoms with Crippen LogP contribution < -0.4 is 0 Å². The summed E-state index contributed by atoms with van der Waals surface area (Å²) in [5, 5.41) is 19.2. The predicted octanol–water partition coefficient (Wildman–Crippen LogP) is 0.139. The number of carbonyl (C=O) groups is 1. The maximum Gasteiger partial charge on any atom is 0.351 e. The van der Waals surface area contributed by atoms with Crippen molar-refractivity contribution in [3.8, 4) is 0 Å². The Labute approximate surface area is 108 Å². The fourth-order valence-electron chi connectivity index (χ4n) is 2.03. The third kappa shape index (κ3) is 1.65. The van der Waals surface area contributed by atoms with Gasteiger partial charge < -0.3 is 5.11 Å². The SMILES string of the molecule is O=C(O)[C@]1(S(=O)(=O)c2ccccc2)CCN1[N+](=O)[O-]. The van der Waals surface area contributed by atoms with E-state index in [-0.39, 0.29) is 22.9 Å². The summed E-state index contributed by atoms with van der Waals surface area (Å²) in [6.45, 7) is -0.217. The zero-order valence-electron chi connectivity index (χ0n) is 9.59. The molecule has 0 aromatic heterocycles. The van der Waals surface area contributed by atoms with Crippen LogP contribution in [0.2, 0.25) is 0 Å². The number of hydrogen-bond acceptors (Lipinski definition) is 5. The first kappa shape index (κ1) is 13.3. The Balaban J connectivity index is 2.59. The van der Waals surface area contributed by atoms with Gasteiger partial charge in [0.1, 0.15) is 0 Å². The molecular weight excluding hydrogens is 276 g/mol. The summed E-state index contributed by atoms with van der Waals surface area (Å²) < 4.78 is 24.7. The van der Waals surface area contributed by atoms with Gasteiger partial charge in [0.15, 0.2) is 5.03 Å². The Bertz CT molecular complexity index is 629. The summed E-state index contributed by atoms with van der Waals surface area (Å²) in [5.74, 6) is -1.74. The average Bonchev–Trinajstić information content (AvgIpc) is 2.27. The van der Waals surface area contributed by atoms with E-state index in [0.717, 1.165) is 0 Å². The van der Waals surface area contributed by atoms with Crippen LogP contribution in [0, 0.1) is 10.1 Å². The molecule has 0 saturated carbocycles. The number of benzene rings is 1. The molecular formula is C10H10N2O6S. The highest BCUT2D eigenvalue weighted by Gasteiger charge is 2.68. The molecule has 1 aliphatic heterocycles. The number of sulfone groups is 1. The maximum atomic E-state index is 12.4. The van der Waals surface area contributed by atoms with Gasteiger partial charge in [0.25, 0.3) is 0 Å². The Hall–Kier alpha value is -2.16. The zero-order chi connectivity index (χ0) is 14.3. The van der Waals surface area contributed by atoms with E-state index in [1.165, 1.54) is 24.3 Å². The first-order valence-electron chi connectivity index (χ1n) is 5.29. The van der Waals surface area contributed by atoms with Gasteiger partial charge in [0.2, 0.25) is 9.84 Å². The van der Waals surface area contributed by atoms with Crippen molar-refractivity contribution in [2.45, 2.75) is 16.2 Å². The Morgan fingerprint density at radius 1 is 1.37 bits per heavy atom. The van der Waals surface area contributed by atoms with Crippen LogP contribution in [0.25, 0.3) is 0 Å². The van der Waals surface area contributed by atoms with E-state index in [4.69, 9.17) is 0 Å². The molecule has 1 fully saturated rings. The molecule has 1 heterocycles. The van der Waals surface area contributed by atoms with E-state index in [0.29, 0.717) is 0 Å². The highest BCUT2D eigenvalue weighted by Crippen LogP contribution is 2.40. The molecule has 2 rings (SSSR count). The molecule has 0 unspecified atom stereocenters. The molecule has 0 radical (unpaired) electrons. The Morgan fingerprint density at radius 2 is 1.95 bits per heavy atom. The number of hydrazine groups is 1. The molecule has 0 bridgehead atoms. The molecule has 9 heteroatoms. The van der Waals surface area contributed by atoms with Gasteiger partial charge in [-0.2, -0.15) is 0 Å². The smallest absolute Gasteiger partial charge is 0.351 e. The van der Waals surface area contributed by atoms with Crippen molar-refractivity contribution < 1.29 is 23.4 Å². The minimum absolute atomic E-state index is 0.217. The standard InChI is InChI=1S/C10H10N2O6S/c13-9(14)10(6-7-11(10)12(15)16)19(17,18)8-4-2-1-3-5-8/h1-5H,6-7H2,(H,13,14)/t10-/m1/s1. The topological polar surface area (TPSA) is 118 Å². The summed E-state index contributed by atoms with van der Waals surface area (Å²) in [4.78, 5) is 19.3. The lowest BCUT2D eigenvalue weighted by molar-refractivity contribution is -0.681. The molecule has 0 aliphatic carbocycles. The predicted molar refractivity (Wildman–Crippen MR) is 62.3 cm³/mol. The number of rotatable bonds is 4. The highest BCUT2D eigenvalue weighted by molar-refractivity contribution is 7.93. The van der Waals surface area contributed by atoms with Gasteiger partial charge in [-0.1, -0.05) is 23.2 Å². The van der Waals surface area contributed by atoms with Gasteiger partial charge in [-0.15, -0.1) is 0 Å². The van der Waals surface area contributed by atoms with Crippen LogP contribution in [-0.2, 0) is 14.6 Å². The van der Waals surface area contributed by atoms with Crippen LogP contribution in [0.1, 0.15) is 6.42 Å². The summed E-state index contributed by atoms with van der Waals surface area (Å²) in [7, 11) is -4.37. The summed E-state index contributed by atoms with van der Waals surface area (Å²) in [6.07, 6.45) is -0.319. The monoisotopic (exact) mass is 286 g/mol. The van der Waals surface area contributed by atoms with Crippen molar-refractivity contribution in [3.63, 3.8) is 0 Å². The molecule has 1 aliphatic rings. The second-order valence-electron chi connectivity index (χ2n) is 4.02. The maximum absolute atomic E-state index is 12.4. The van der Waals surface area contributed by atoms with Gasteiger partial charge in [-0.25, -0.2) is 23.3 Å². The molecule has 1 aromatic rings. The van der Waals surface area contributed by atoms with Gasteiger partial charge in [0, 0.05) is 6.42 Å². The minimum Gasteiger partial charge on any atom is -0.479 e.